The molecule has 0 aliphatic carbocycles. The Labute approximate surface area is 183 Å². The fourth-order valence-corrected chi connectivity index (χ4v) is 3.91. The predicted molar refractivity (Wildman–Crippen MR) is 122 cm³/mol. The van der Waals surface area contributed by atoms with Crippen LogP contribution in [0, 0.1) is 12.7 Å². The van der Waals surface area contributed by atoms with E-state index in [0.29, 0.717) is 33.0 Å². The Bertz CT molecular complexity index is 1290. The molecule has 30 heavy (non-hydrogen) atoms. The summed E-state index contributed by atoms with van der Waals surface area (Å²) in [6, 6.07) is 19.6. The molecule has 4 aromatic rings. The minimum Gasteiger partial charge on any atom is -0.267 e. The average Bonchev–Trinajstić information content (AvgIpc) is 2.75. The molecule has 0 saturated heterocycles. The van der Waals surface area contributed by atoms with E-state index in [0.717, 1.165) is 10.5 Å². The van der Waals surface area contributed by atoms with E-state index in [1.54, 1.807) is 61.3 Å². The topological polar surface area (TPSA) is 34.9 Å². The molecule has 0 atom stereocenters. The highest BCUT2D eigenvalue weighted by Gasteiger charge is 2.17. The lowest BCUT2D eigenvalue weighted by molar-refractivity contribution is 0.619. The number of aryl methyl sites for hydroxylation is 1. The molecule has 0 amide bonds. The van der Waals surface area contributed by atoms with Gasteiger partial charge >= 0.3 is 0 Å². The molecule has 0 unspecified atom stereocenters. The first-order valence-electron chi connectivity index (χ1n) is 9.27. The number of halogens is 2. The number of hydrogen-bond acceptors (Lipinski definition) is 3. The van der Waals surface area contributed by atoms with Crippen LogP contribution in [0.3, 0.4) is 0 Å². The molecule has 1 aromatic heterocycles. The minimum atomic E-state index is -0.311. The molecule has 0 spiro atoms. The molecule has 0 fully saturated rings. The summed E-state index contributed by atoms with van der Waals surface area (Å²) < 4.78 is 15.2. The van der Waals surface area contributed by atoms with Crippen LogP contribution < -0.4 is 5.56 Å². The first-order valence-corrected chi connectivity index (χ1v) is 10.9. The number of thioether (sulfide) groups is 1. The Balaban J connectivity index is 1.99. The van der Waals surface area contributed by atoms with Gasteiger partial charge in [0.05, 0.1) is 17.4 Å². The lowest BCUT2D eigenvalue weighted by Crippen LogP contribution is -2.23. The zero-order chi connectivity index (χ0) is 21.3. The van der Waals surface area contributed by atoms with E-state index < -0.39 is 0 Å². The lowest BCUT2D eigenvalue weighted by Gasteiger charge is -2.14. The third kappa shape index (κ3) is 3.91. The van der Waals surface area contributed by atoms with Crippen LogP contribution in [0.5, 0.6) is 0 Å². The van der Waals surface area contributed by atoms with Gasteiger partial charge in [-0.2, -0.15) is 9.78 Å². The minimum absolute atomic E-state index is 0.297. The van der Waals surface area contributed by atoms with E-state index in [-0.39, 0.29) is 11.4 Å². The van der Waals surface area contributed by atoms with Gasteiger partial charge in [-0.15, -0.1) is 11.8 Å². The van der Waals surface area contributed by atoms with Crippen molar-refractivity contribution < 1.29 is 4.39 Å². The van der Waals surface area contributed by atoms with E-state index in [2.05, 4.69) is 5.10 Å². The Morgan fingerprint density at radius 3 is 2.40 bits per heavy atom. The second kappa shape index (κ2) is 8.46. The molecule has 150 valence electrons. The van der Waals surface area contributed by atoms with Gasteiger partial charge in [-0.3, -0.25) is 4.79 Å². The van der Waals surface area contributed by atoms with Gasteiger partial charge in [0.25, 0.3) is 5.56 Å². The number of benzene rings is 3. The van der Waals surface area contributed by atoms with Crippen LogP contribution in [0.2, 0.25) is 5.02 Å². The van der Waals surface area contributed by atoms with Crippen LogP contribution in [0.25, 0.3) is 27.9 Å². The molecule has 4 rings (SSSR count). The zero-order valence-corrected chi connectivity index (χ0v) is 18.0. The van der Waals surface area contributed by atoms with Crippen LogP contribution in [0.1, 0.15) is 5.56 Å². The zero-order valence-electron chi connectivity index (χ0n) is 16.4. The molecule has 3 aromatic carbocycles. The summed E-state index contributed by atoms with van der Waals surface area (Å²) in [6.07, 6.45) is 3.68. The third-order valence-corrected chi connectivity index (χ3v) is 5.86. The van der Waals surface area contributed by atoms with Crippen molar-refractivity contribution in [2.75, 3.05) is 6.26 Å². The Morgan fingerprint density at radius 2 is 1.73 bits per heavy atom. The van der Waals surface area contributed by atoms with Crippen molar-refractivity contribution in [3.8, 4) is 27.9 Å². The van der Waals surface area contributed by atoms with Gasteiger partial charge in [0, 0.05) is 15.5 Å². The molecule has 0 saturated carbocycles. The number of nitrogens with zero attached hydrogens (tertiary/aromatic N) is 2. The van der Waals surface area contributed by atoms with Crippen LogP contribution >= 0.6 is 23.4 Å². The van der Waals surface area contributed by atoms with Crippen LogP contribution in [0.15, 0.2) is 82.6 Å². The molecular weight excluding hydrogens is 419 g/mol. The highest BCUT2D eigenvalue weighted by molar-refractivity contribution is 7.98. The molecule has 1 heterocycles. The molecule has 0 aliphatic heterocycles. The highest BCUT2D eigenvalue weighted by atomic mass is 35.5. The number of rotatable bonds is 4. The van der Waals surface area contributed by atoms with Gasteiger partial charge < -0.3 is 0 Å². The molecular formula is C24H18ClFN2OS. The van der Waals surface area contributed by atoms with Crippen LogP contribution in [0.4, 0.5) is 4.39 Å². The standard InChI is InChI=1S/C24H18ClFN2OS/c1-15-12-17(8-11-22(15)26)23-21(16-6-9-20(30-2)10-7-16)14-27-28(24(23)29)19-5-3-4-18(25)13-19/h3-14H,1-2H3. The normalized spacial score (nSPS) is 10.9. The van der Waals surface area contributed by atoms with Gasteiger partial charge in [-0.1, -0.05) is 35.9 Å². The van der Waals surface area contributed by atoms with E-state index in [1.165, 1.54) is 10.7 Å². The predicted octanol–water partition coefficient (Wildman–Crippen LogP) is 6.39. The summed E-state index contributed by atoms with van der Waals surface area (Å²) >= 11 is 7.76. The summed E-state index contributed by atoms with van der Waals surface area (Å²) in [4.78, 5) is 14.7. The van der Waals surface area contributed by atoms with E-state index in [9.17, 15) is 9.18 Å². The van der Waals surface area contributed by atoms with Crippen molar-refractivity contribution in [1.29, 1.82) is 0 Å². The smallest absolute Gasteiger partial charge is 0.267 e. The Hall–Kier alpha value is -2.89. The van der Waals surface area contributed by atoms with Crippen molar-refractivity contribution in [3.05, 3.63) is 99.7 Å². The molecule has 3 nitrogen and oxygen atoms in total. The van der Waals surface area contributed by atoms with Crippen LogP contribution in [-0.2, 0) is 0 Å². The summed E-state index contributed by atoms with van der Waals surface area (Å²) in [6.45, 7) is 1.68. The Kier molecular flexibility index (Phi) is 5.75. The molecule has 0 N–H and O–H groups in total. The maximum atomic E-state index is 13.9. The van der Waals surface area contributed by atoms with E-state index in [4.69, 9.17) is 11.6 Å². The van der Waals surface area contributed by atoms with Gasteiger partial charge in [0.15, 0.2) is 0 Å². The summed E-state index contributed by atoms with van der Waals surface area (Å²) in [5.74, 6) is -0.311. The fraction of sp³-hybridized carbons (Fsp3) is 0.0833. The monoisotopic (exact) mass is 436 g/mol. The number of aromatic nitrogens is 2. The largest absolute Gasteiger partial charge is 0.280 e. The maximum absolute atomic E-state index is 13.9. The average molecular weight is 437 g/mol. The maximum Gasteiger partial charge on any atom is 0.280 e. The van der Waals surface area contributed by atoms with Crippen LogP contribution in [-0.4, -0.2) is 16.0 Å². The lowest BCUT2D eigenvalue weighted by atomic mass is 9.96. The van der Waals surface area contributed by atoms with Crippen molar-refractivity contribution in [2.45, 2.75) is 11.8 Å². The van der Waals surface area contributed by atoms with Crippen molar-refractivity contribution >= 4 is 23.4 Å². The second-order valence-electron chi connectivity index (χ2n) is 6.82. The molecule has 0 bridgehead atoms. The first-order chi connectivity index (χ1) is 14.5. The Morgan fingerprint density at radius 1 is 1.00 bits per heavy atom. The van der Waals surface area contributed by atoms with E-state index in [1.807, 2.05) is 30.5 Å². The third-order valence-electron chi connectivity index (χ3n) is 4.88. The summed E-state index contributed by atoms with van der Waals surface area (Å²) in [5.41, 5.74) is 3.41. The molecule has 0 radical (unpaired) electrons. The second-order valence-corrected chi connectivity index (χ2v) is 8.14. The van der Waals surface area contributed by atoms with Crippen molar-refractivity contribution in [1.82, 2.24) is 9.78 Å². The van der Waals surface area contributed by atoms with Crippen molar-refractivity contribution in [3.63, 3.8) is 0 Å². The molecule has 0 aliphatic rings. The number of hydrogen-bond donors (Lipinski definition) is 0. The van der Waals surface area contributed by atoms with Gasteiger partial charge in [0.1, 0.15) is 5.82 Å². The SMILES string of the molecule is CSc1ccc(-c2cnn(-c3cccc(Cl)c3)c(=O)c2-c2ccc(F)c(C)c2)cc1. The van der Waals surface area contributed by atoms with Crippen molar-refractivity contribution in [2.24, 2.45) is 0 Å². The summed E-state index contributed by atoms with van der Waals surface area (Å²) in [5, 5.41) is 4.91. The van der Waals surface area contributed by atoms with Gasteiger partial charge in [-0.05, 0) is 72.3 Å². The molecule has 6 heteroatoms. The first kappa shape index (κ1) is 20.4. The van der Waals surface area contributed by atoms with E-state index >= 15 is 0 Å². The highest BCUT2D eigenvalue weighted by Crippen LogP contribution is 2.31. The quantitative estimate of drug-likeness (QED) is 0.348. The van der Waals surface area contributed by atoms with Gasteiger partial charge in [0.2, 0.25) is 0 Å². The summed E-state index contributed by atoms with van der Waals surface area (Å²) in [7, 11) is 0. The fourth-order valence-electron chi connectivity index (χ4n) is 3.31. The van der Waals surface area contributed by atoms with Gasteiger partial charge in [-0.25, -0.2) is 4.39 Å².